The molecule has 0 aliphatic heterocycles. The van der Waals surface area contributed by atoms with Gasteiger partial charge in [0.2, 0.25) is 0 Å². The van der Waals surface area contributed by atoms with Crippen LogP contribution in [0.3, 0.4) is 0 Å². The first-order valence-corrected chi connectivity index (χ1v) is 8.00. The first-order valence-electron chi connectivity index (χ1n) is 8.00. The highest BCUT2D eigenvalue weighted by Gasteiger charge is 2.23. The van der Waals surface area contributed by atoms with E-state index in [2.05, 4.69) is 5.16 Å². The summed E-state index contributed by atoms with van der Waals surface area (Å²) >= 11 is 0. The molecular weight excluding hydrogens is 334 g/mol. The van der Waals surface area contributed by atoms with Crippen LogP contribution in [0, 0.1) is 5.41 Å². The highest BCUT2D eigenvalue weighted by atomic mass is 16.6. The summed E-state index contributed by atoms with van der Waals surface area (Å²) in [5.74, 6) is -0.602. The van der Waals surface area contributed by atoms with Crippen LogP contribution in [-0.4, -0.2) is 29.9 Å². The van der Waals surface area contributed by atoms with Crippen LogP contribution >= 0.6 is 0 Å². The van der Waals surface area contributed by atoms with Gasteiger partial charge in [-0.15, -0.1) is 0 Å². The van der Waals surface area contributed by atoms with Crippen LogP contribution in [0.2, 0.25) is 0 Å². The molecule has 0 aliphatic carbocycles. The van der Waals surface area contributed by atoms with E-state index in [1.165, 1.54) is 31.4 Å². The molecule has 0 atom stereocenters. The smallest absolute Gasteiger partial charge is 0.344 e. The van der Waals surface area contributed by atoms with E-state index in [1.807, 2.05) is 20.8 Å². The number of ketones is 1. The van der Waals surface area contributed by atoms with Crippen LogP contribution in [0.25, 0.3) is 0 Å². The molecule has 0 heterocycles. The average Bonchev–Trinajstić information content (AvgIpc) is 2.60. The summed E-state index contributed by atoms with van der Waals surface area (Å²) in [4.78, 5) is 29.3. The van der Waals surface area contributed by atoms with E-state index in [9.17, 15) is 14.7 Å². The first kappa shape index (κ1) is 19.2. The van der Waals surface area contributed by atoms with Crippen molar-refractivity contribution in [2.24, 2.45) is 10.6 Å². The van der Waals surface area contributed by atoms with Gasteiger partial charge in [0.25, 0.3) is 5.90 Å². The van der Waals surface area contributed by atoms with E-state index in [0.29, 0.717) is 11.1 Å². The number of nitrogens with zero attached hydrogens (tertiary/aromatic N) is 1. The average molecular weight is 355 g/mol. The molecule has 0 aliphatic rings. The third-order valence-electron chi connectivity index (χ3n) is 3.54. The summed E-state index contributed by atoms with van der Waals surface area (Å²) in [5, 5.41) is 13.1. The SMILES string of the molecule is CON=C(OC(=O)c1ccc(C(=O)C(C)(C)C)cc1)c1ccc(O)cc1. The summed E-state index contributed by atoms with van der Waals surface area (Å²) in [5.41, 5.74) is 0.771. The van der Waals surface area contributed by atoms with Crippen molar-refractivity contribution in [3.05, 3.63) is 65.2 Å². The minimum atomic E-state index is -0.636. The van der Waals surface area contributed by atoms with Gasteiger partial charge in [-0.1, -0.05) is 32.9 Å². The van der Waals surface area contributed by atoms with Crippen molar-refractivity contribution in [1.29, 1.82) is 0 Å². The minimum Gasteiger partial charge on any atom is -0.508 e. The topological polar surface area (TPSA) is 85.2 Å². The Labute approximate surface area is 152 Å². The zero-order chi connectivity index (χ0) is 19.3. The largest absolute Gasteiger partial charge is 0.508 e. The number of carbonyl (C=O) groups is 2. The van der Waals surface area contributed by atoms with Crippen LogP contribution in [0.5, 0.6) is 5.75 Å². The molecule has 136 valence electrons. The fourth-order valence-corrected chi connectivity index (χ4v) is 2.15. The fraction of sp³-hybridized carbons (Fsp3) is 0.250. The van der Waals surface area contributed by atoms with Crippen LogP contribution < -0.4 is 0 Å². The highest BCUT2D eigenvalue weighted by Crippen LogP contribution is 2.21. The molecule has 0 radical (unpaired) electrons. The van der Waals surface area contributed by atoms with Crippen molar-refractivity contribution in [3.63, 3.8) is 0 Å². The standard InChI is InChI=1S/C20H21NO5/c1-20(2,3)17(23)13-5-7-15(8-6-13)19(24)26-18(21-25-4)14-9-11-16(22)12-10-14/h5-12,22H,1-4H3. The Morgan fingerprint density at radius 3 is 1.88 bits per heavy atom. The third-order valence-corrected chi connectivity index (χ3v) is 3.54. The number of oxime groups is 1. The number of phenolic OH excluding ortho intramolecular Hbond substituents is 1. The van der Waals surface area contributed by atoms with Crippen molar-refractivity contribution in [2.45, 2.75) is 20.8 Å². The molecule has 2 aromatic carbocycles. The van der Waals surface area contributed by atoms with Gasteiger partial charge in [-0.25, -0.2) is 4.79 Å². The second-order valence-corrected chi connectivity index (χ2v) is 6.67. The quantitative estimate of drug-likeness (QED) is 0.296. The maximum absolute atomic E-state index is 12.4. The Morgan fingerprint density at radius 1 is 0.885 bits per heavy atom. The number of aromatic hydroxyl groups is 1. The molecule has 2 rings (SSSR count). The second-order valence-electron chi connectivity index (χ2n) is 6.67. The molecule has 0 fully saturated rings. The minimum absolute atomic E-state index is 0.0110. The van der Waals surface area contributed by atoms with Gasteiger partial charge in [-0.3, -0.25) is 4.79 Å². The number of rotatable bonds is 4. The van der Waals surface area contributed by atoms with E-state index in [0.717, 1.165) is 0 Å². The Kier molecular flexibility index (Phi) is 5.77. The van der Waals surface area contributed by atoms with Gasteiger partial charge in [0, 0.05) is 16.5 Å². The van der Waals surface area contributed by atoms with Gasteiger partial charge in [0.05, 0.1) is 5.56 Å². The summed E-state index contributed by atoms with van der Waals surface area (Å²) < 4.78 is 5.29. The van der Waals surface area contributed by atoms with Crippen molar-refractivity contribution in [1.82, 2.24) is 0 Å². The van der Waals surface area contributed by atoms with Crippen LogP contribution in [0.4, 0.5) is 0 Å². The van der Waals surface area contributed by atoms with Gasteiger partial charge < -0.3 is 14.7 Å². The van der Waals surface area contributed by atoms with Crippen molar-refractivity contribution in [3.8, 4) is 5.75 Å². The van der Waals surface area contributed by atoms with Gasteiger partial charge in [0.15, 0.2) is 5.78 Å². The first-order chi connectivity index (χ1) is 12.2. The van der Waals surface area contributed by atoms with Gasteiger partial charge in [-0.05, 0) is 41.6 Å². The van der Waals surface area contributed by atoms with Gasteiger partial charge in [0.1, 0.15) is 12.9 Å². The molecule has 0 unspecified atom stereocenters. The van der Waals surface area contributed by atoms with Crippen LogP contribution in [0.1, 0.15) is 47.1 Å². The number of benzene rings is 2. The third kappa shape index (κ3) is 4.69. The molecule has 0 saturated heterocycles. The number of ether oxygens (including phenoxy) is 1. The Morgan fingerprint density at radius 2 is 1.38 bits per heavy atom. The van der Waals surface area contributed by atoms with Crippen LogP contribution in [0.15, 0.2) is 53.7 Å². The lowest BCUT2D eigenvalue weighted by molar-refractivity contribution is 0.0702. The fourth-order valence-electron chi connectivity index (χ4n) is 2.15. The molecule has 0 bridgehead atoms. The molecule has 6 heteroatoms. The van der Waals surface area contributed by atoms with E-state index in [4.69, 9.17) is 9.57 Å². The van der Waals surface area contributed by atoms with Crippen molar-refractivity contribution < 1.29 is 24.3 Å². The predicted octanol–water partition coefficient (Wildman–Crippen LogP) is 3.79. The van der Waals surface area contributed by atoms with E-state index < -0.39 is 11.4 Å². The summed E-state index contributed by atoms with van der Waals surface area (Å²) in [7, 11) is 1.33. The highest BCUT2D eigenvalue weighted by molar-refractivity contribution is 6.05. The molecule has 2 aromatic rings. The normalized spacial score (nSPS) is 11.8. The molecule has 0 spiro atoms. The maximum atomic E-state index is 12.4. The Bertz CT molecular complexity index is 815. The number of hydrogen-bond donors (Lipinski definition) is 1. The molecule has 1 N–H and O–H groups in total. The summed E-state index contributed by atoms with van der Waals surface area (Å²) in [6.45, 7) is 5.51. The predicted molar refractivity (Wildman–Crippen MR) is 97.3 cm³/mol. The zero-order valence-electron chi connectivity index (χ0n) is 15.1. The van der Waals surface area contributed by atoms with Crippen molar-refractivity contribution >= 4 is 17.7 Å². The molecular formula is C20H21NO5. The van der Waals surface area contributed by atoms with E-state index in [1.54, 1.807) is 24.3 Å². The second kappa shape index (κ2) is 7.82. The van der Waals surface area contributed by atoms with Crippen molar-refractivity contribution in [2.75, 3.05) is 7.11 Å². The van der Waals surface area contributed by atoms with Gasteiger partial charge >= 0.3 is 5.97 Å². The lowest BCUT2D eigenvalue weighted by Crippen LogP contribution is -2.20. The van der Waals surface area contributed by atoms with Crippen LogP contribution in [-0.2, 0) is 9.57 Å². The number of esters is 1. The molecule has 0 aromatic heterocycles. The number of hydrogen-bond acceptors (Lipinski definition) is 6. The van der Waals surface area contributed by atoms with E-state index in [-0.39, 0.29) is 23.0 Å². The number of carbonyl (C=O) groups excluding carboxylic acids is 2. The summed E-state index contributed by atoms with van der Waals surface area (Å²) in [6.07, 6.45) is 0. The number of Topliss-reactive ketones (excluding diaryl/α,β-unsaturated/α-hetero) is 1. The molecule has 26 heavy (non-hydrogen) atoms. The molecule has 6 nitrogen and oxygen atoms in total. The Balaban J connectivity index is 2.18. The van der Waals surface area contributed by atoms with Gasteiger partial charge in [-0.2, -0.15) is 0 Å². The monoisotopic (exact) mass is 355 g/mol. The molecule has 0 saturated carbocycles. The number of phenols is 1. The molecule has 0 amide bonds. The lowest BCUT2D eigenvalue weighted by atomic mass is 9.86. The van der Waals surface area contributed by atoms with E-state index >= 15 is 0 Å². The Hall–Kier alpha value is -3.15. The summed E-state index contributed by atoms with van der Waals surface area (Å²) in [6, 6.07) is 12.2. The maximum Gasteiger partial charge on any atom is 0.344 e. The zero-order valence-corrected chi connectivity index (χ0v) is 15.1. The lowest BCUT2D eigenvalue weighted by Gasteiger charge is -2.16.